The Hall–Kier alpha value is -2.24. The van der Waals surface area contributed by atoms with Crippen LogP contribution in [0.3, 0.4) is 0 Å². The van der Waals surface area contributed by atoms with Crippen LogP contribution in [0.2, 0.25) is 0 Å². The highest BCUT2D eigenvalue weighted by Gasteiger charge is 2.60. The van der Waals surface area contributed by atoms with Gasteiger partial charge in [-0.3, -0.25) is 9.59 Å². The largest absolute Gasteiger partial charge is 0.497 e. The Balaban J connectivity index is 1.68. The van der Waals surface area contributed by atoms with Crippen molar-refractivity contribution in [3.63, 3.8) is 0 Å². The van der Waals surface area contributed by atoms with E-state index in [0.717, 1.165) is 12.8 Å². The third kappa shape index (κ3) is 2.60. The quantitative estimate of drug-likeness (QED) is 0.864. The highest BCUT2D eigenvalue weighted by atomic mass is 16.5. The molecular weight excluding hydrogens is 310 g/mol. The van der Waals surface area contributed by atoms with Crippen molar-refractivity contribution in [1.29, 1.82) is 0 Å². The molecule has 2 bridgehead atoms. The smallest absolute Gasteiger partial charge is 0.311 e. The van der Waals surface area contributed by atoms with Crippen molar-refractivity contribution in [2.75, 3.05) is 13.7 Å². The molecule has 2 aliphatic heterocycles. The first-order valence-electron chi connectivity index (χ1n) is 8.33. The molecule has 1 aromatic rings. The number of nitrogens with zero attached hydrogens (tertiary/aromatic N) is 1. The summed E-state index contributed by atoms with van der Waals surface area (Å²) < 4.78 is 10.7. The lowest BCUT2D eigenvalue weighted by molar-refractivity contribution is -0.152. The number of aliphatic carboxylic acids is 1. The number of hydrogen-bond donors (Lipinski definition) is 1. The number of rotatable bonds is 6. The second kappa shape index (κ2) is 6.34. The molecule has 2 fully saturated rings. The molecule has 6 heteroatoms. The molecule has 0 unspecified atom stereocenters. The molecule has 2 saturated heterocycles. The number of hydrogen-bond acceptors (Lipinski definition) is 4. The molecule has 3 rings (SSSR count). The van der Waals surface area contributed by atoms with Gasteiger partial charge in [0, 0.05) is 18.2 Å². The minimum Gasteiger partial charge on any atom is -0.497 e. The topological polar surface area (TPSA) is 76.1 Å². The van der Waals surface area contributed by atoms with Crippen LogP contribution >= 0.6 is 0 Å². The van der Waals surface area contributed by atoms with Gasteiger partial charge >= 0.3 is 5.97 Å². The van der Waals surface area contributed by atoms with Gasteiger partial charge in [0.15, 0.2) is 6.61 Å². The van der Waals surface area contributed by atoms with E-state index in [1.165, 1.54) is 0 Å². The lowest BCUT2D eigenvalue weighted by atomic mass is 9.72. The molecule has 2 heterocycles. The third-order valence-electron chi connectivity index (χ3n) is 5.49. The van der Waals surface area contributed by atoms with E-state index in [0.29, 0.717) is 24.3 Å². The van der Waals surface area contributed by atoms with Crippen molar-refractivity contribution in [3.8, 4) is 11.5 Å². The van der Waals surface area contributed by atoms with E-state index in [-0.39, 0.29) is 24.6 Å². The number of ether oxygens (including phenoxy) is 2. The first-order valence-corrected chi connectivity index (χ1v) is 8.33. The summed E-state index contributed by atoms with van der Waals surface area (Å²) in [4.78, 5) is 26.2. The third-order valence-corrected chi connectivity index (χ3v) is 5.49. The zero-order valence-electron chi connectivity index (χ0n) is 14.0. The Morgan fingerprint density at radius 1 is 1.33 bits per heavy atom. The van der Waals surface area contributed by atoms with Gasteiger partial charge in [-0.1, -0.05) is 13.0 Å². The first kappa shape index (κ1) is 16.6. The van der Waals surface area contributed by atoms with E-state index in [1.54, 1.807) is 36.3 Å². The molecule has 0 aliphatic carbocycles. The summed E-state index contributed by atoms with van der Waals surface area (Å²) >= 11 is 0. The number of amides is 1. The average Bonchev–Trinajstić information content (AvgIpc) is 3.16. The van der Waals surface area contributed by atoms with Gasteiger partial charge in [0.1, 0.15) is 11.5 Å². The molecular formula is C18H23NO5. The lowest BCUT2D eigenvalue weighted by Gasteiger charge is -2.32. The molecule has 0 radical (unpaired) electrons. The molecule has 24 heavy (non-hydrogen) atoms. The standard InChI is InChI=1S/C18H23NO5/c1-3-18(17(21)22)10-12-7-8-15(18)19(12)16(20)11-24-14-6-4-5-13(9-14)23-2/h4-6,9,12,15H,3,7-8,10-11H2,1-2H3,(H,21,22)/t12-,15+,18+/m0/s1. The Morgan fingerprint density at radius 3 is 2.71 bits per heavy atom. The maximum atomic E-state index is 12.6. The van der Waals surface area contributed by atoms with E-state index in [1.807, 2.05) is 6.92 Å². The second-order valence-electron chi connectivity index (χ2n) is 6.53. The van der Waals surface area contributed by atoms with E-state index in [9.17, 15) is 14.7 Å². The Morgan fingerprint density at radius 2 is 2.08 bits per heavy atom. The van der Waals surface area contributed by atoms with Gasteiger partial charge in [0.2, 0.25) is 0 Å². The Labute approximate surface area is 141 Å². The fourth-order valence-electron chi connectivity index (χ4n) is 4.23. The van der Waals surface area contributed by atoms with Crippen LogP contribution < -0.4 is 9.47 Å². The number of carbonyl (C=O) groups excluding carboxylic acids is 1. The number of fused-ring (bicyclic) bond motifs is 2. The SMILES string of the molecule is CC[C@@]1(C(=O)O)C[C@@H]2CC[C@H]1N2C(=O)COc1cccc(OC)c1. The van der Waals surface area contributed by atoms with E-state index >= 15 is 0 Å². The van der Waals surface area contributed by atoms with Crippen molar-refractivity contribution < 1.29 is 24.2 Å². The van der Waals surface area contributed by atoms with Crippen LogP contribution in [0, 0.1) is 5.41 Å². The first-order chi connectivity index (χ1) is 11.5. The zero-order chi connectivity index (χ0) is 17.3. The average molecular weight is 333 g/mol. The molecule has 0 aromatic heterocycles. The molecule has 2 aliphatic rings. The maximum absolute atomic E-state index is 12.6. The number of benzene rings is 1. The molecule has 1 amide bonds. The molecule has 0 saturated carbocycles. The summed E-state index contributed by atoms with van der Waals surface area (Å²) in [5.41, 5.74) is -0.797. The van der Waals surface area contributed by atoms with Crippen LogP contribution in [0.1, 0.15) is 32.6 Å². The fourth-order valence-corrected chi connectivity index (χ4v) is 4.23. The molecule has 6 nitrogen and oxygen atoms in total. The van der Waals surface area contributed by atoms with Crippen LogP contribution in [-0.4, -0.2) is 47.7 Å². The van der Waals surface area contributed by atoms with Gasteiger partial charge in [-0.25, -0.2) is 0 Å². The van der Waals surface area contributed by atoms with Crippen LogP contribution in [0.4, 0.5) is 0 Å². The molecule has 130 valence electrons. The summed E-state index contributed by atoms with van der Waals surface area (Å²) in [5.74, 6) is 0.303. The lowest BCUT2D eigenvalue weighted by Crippen LogP contribution is -2.46. The zero-order valence-corrected chi connectivity index (χ0v) is 14.0. The predicted octanol–water partition coefficient (Wildman–Crippen LogP) is 2.32. The van der Waals surface area contributed by atoms with Gasteiger partial charge in [0.25, 0.3) is 5.91 Å². The van der Waals surface area contributed by atoms with Gasteiger partial charge in [-0.05, 0) is 37.8 Å². The van der Waals surface area contributed by atoms with Crippen molar-refractivity contribution in [1.82, 2.24) is 4.90 Å². The summed E-state index contributed by atoms with van der Waals surface area (Å²) in [6.07, 6.45) is 2.73. The molecule has 1 aromatic carbocycles. The van der Waals surface area contributed by atoms with E-state index < -0.39 is 11.4 Å². The highest BCUT2D eigenvalue weighted by Crippen LogP contribution is 2.51. The van der Waals surface area contributed by atoms with Crippen molar-refractivity contribution in [3.05, 3.63) is 24.3 Å². The Bertz CT molecular complexity index is 646. The molecule has 3 atom stereocenters. The fraction of sp³-hybridized carbons (Fsp3) is 0.556. The van der Waals surface area contributed by atoms with E-state index in [4.69, 9.17) is 9.47 Å². The van der Waals surface area contributed by atoms with Crippen molar-refractivity contribution >= 4 is 11.9 Å². The van der Waals surface area contributed by atoms with Crippen molar-refractivity contribution in [2.45, 2.75) is 44.7 Å². The molecule has 0 spiro atoms. The normalized spacial score (nSPS) is 28.0. The minimum absolute atomic E-state index is 0.0208. The van der Waals surface area contributed by atoms with Gasteiger partial charge in [-0.2, -0.15) is 0 Å². The summed E-state index contributed by atoms with van der Waals surface area (Å²) in [5, 5.41) is 9.67. The molecule has 1 N–H and O–H groups in total. The number of carboxylic acids is 1. The highest BCUT2D eigenvalue weighted by molar-refractivity contribution is 5.83. The summed E-state index contributed by atoms with van der Waals surface area (Å²) in [7, 11) is 1.57. The van der Waals surface area contributed by atoms with E-state index in [2.05, 4.69) is 0 Å². The van der Waals surface area contributed by atoms with Crippen LogP contribution in [0.5, 0.6) is 11.5 Å². The van der Waals surface area contributed by atoms with Crippen LogP contribution in [-0.2, 0) is 9.59 Å². The van der Waals surface area contributed by atoms with Gasteiger partial charge < -0.3 is 19.5 Å². The van der Waals surface area contributed by atoms with Crippen LogP contribution in [0.15, 0.2) is 24.3 Å². The number of carbonyl (C=O) groups is 2. The predicted molar refractivity (Wildman–Crippen MR) is 87.1 cm³/mol. The van der Waals surface area contributed by atoms with Crippen molar-refractivity contribution in [2.24, 2.45) is 5.41 Å². The second-order valence-corrected chi connectivity index (χ2v) is 6.53. The summed E-state index contributed by atoms with van der Waals surface area (Å²) in [6, 6.07) is 6.89. The minimum atomic E-state index is -0.797. The monoisotopic (exact) mass is 333 g/mol. The maximum Gasteiger partial charge on any atom is 0.311 e. The Kier molecular flexibility index (Phi) is 4.39. The van der Waals surface area contributed by atoms with Gasteiger partial charge in [0.05, 0.1) is 12.5 Å². The van der Waals surface area contributed by atoms with Crippen LogP contribution in [0.25, 0.3) is 0 Å². The summed E-state index contributed by atoms with van der Waals surface area (Å²) in [6.45, 7) is 1.81. The number of methoxy groups -OCH3 is 1. The number of carboxylic acid groups (broad SMARTS) is 1. The van der Waals surface area contributed by atoms with Gasteiger partial charge in [-0.15, -0.1) is 0 Å².